The van der Waals surface area contributed by atoms with Crippen LogP contribution in [0.2, 0.25) is 0 Å². The molecule has 2 saturated carbocycles. The monoisotopic (exact) mass is 388 g/mol. The summed E-state index contributed by atoms with van der Waals surface area (Å²) in [5.74, 6) is 0. The second-order valence-corrected chi connectivity index (χ2v) is 8.22. The number of likely N-dealkylation sites (N-methyl/N-ethyl adjacent to an activating group) is 1. The van der Waals surface area contributed by atoms with Crippen molar-refractivity contribution in [1.82, 2.24) is 4.90 Å². The standard InChI is InChI=1S/C19H37N2O.BrH/c1-21(14-16-22-17-15-21)13-12-20(18-8-4-2-5-9-18)19-10-6-3-7-11-19;/h18-19H,2-17H2,1H3;1H/q+1;/p-1. The van der Waals surface area contributed by atoms with Gasteiger partial charge in [-0.3, -0.25) is 4.90 Å². The van der Waals surface area contributed by atoms with E-state index in [1.165, 1.54) is 94.9 Å². The molecule has 23 heavy (non-hydrogen) atoms. The Morgan fingerprint density at radius 2 is 1.30 bits per heavy atom. The number of hydrogen-bond donors (Lipinski definition) is 0. The zero-order valence-electron chi connectivity index (χ0n) is 15.1. The van der Waals surface area contributed by atoms with E-state index in [1.807, 2.05) is 0 Å². The first-order valence-electron chi connectivity index (χ1n) is 9.94. The van der Waals surface area contributed by atoms with E-state index in [-0.39, 0.29) is 17.0 Å². The van der Waals surface area contributed by atoms with Crippen LogP contribution in [0.5, 0.6) is 0 Å². The molecule has 0 spiro atoms. The predicted molar refractivity (Wildman–Crippen MR) is 92.1 cm³/mol. The molecule has 0 radical (unpaired) electrons. The molecule has 136 valence electrons. The van der Waals surface area contributed by atoms with E-state index >= 15 is 0 Å². The summed E-state index contributed by atoms with van der Waals surface area (Å²) >= 11 is 0. The average molecular weight is 389 g/mol. The molecule has 1 heterocycles. The van der Waals surface area contributed by atoms with Gasteiger partial charge in [-0.15, -0.1) is 0 Å². The Kier molecular flexibility index (Phi) is 8.34. The maximum atomic E-state index is 5.58. The Hall–Kier alpha value is 0.360. The number of ether oxygens (including phenoxy) is 1. The van der Waals surface area contributed by atoms with Crippen LogP contribution in [0.4, 0.5) is 0 Å². The molecule has 0 bridgehead atoms. The summed E-state index contributed by atoms with van der Waals surface area (Å²) in [6.07, 6.45) is 14.7. The molecule has 3 fully saturated rings. The largest absolute Gasteiger partial charge is 1.00 e. The maximum absolute atomic E-state index is 5.58. The van der Waals surface area contributed by atoms with E-state index in [1.54, 1.807) is 0 Å². The molecule has 1 saturated heterocycles. The van der Waals surface area contributed by atoms with Crippen molar-refractivity contribution in [2.45, 2.75) is 76.3 Å². The smallest absolute Gasteiger partial charge is 0.102 e. The molecule has 0 amide bonds. The molecular formula is C19H37BrN2O. The minimum Gasteiger partial charge on any atom is -1.00 e. The zero-order chi connectivity index (χ0) is 15.3. The van der Waals surface area contributed by atoms with Crippen molar-refractivity contribution in [3.8, 4) is 0 Å². The third-order valence-electron chi connectivity index (χ3n) is 6.54. The van der Waals surface area contributed by atoms with Crippen LogP contribution in [0.1, 0.15) is 64.2 Å². The summed E-state index contributed by atoms with van der Waals surface area (Å²) in [6, 6.07) is 1.79. The highest BCUT2D eigenvalue weighted by atomic mass is 79.9. The first kappa shape index (κ1) is 19.7. The maximum Gasteiger partial charge on any atom is 0.102 e. The van der Waals surface area contributed by atoms with Gasteiger partial charge in [0.25, 0.3) is 0 Å². The van der Waals surface area contributed by atoms with E-state index in [2.05, 4.69) is 11.9 Å². The Bertz CT molecular complexity index is 303. The Morgan fingerprint density at radius 3 is 1.78 bits per heavy atom. The Balaban J connectivity index is 0.00000192. The summed E-state index contributed by atoms with van der Waals surface area (Å²) in [6.45, 7) is 7.00. The fourth-order valence-corrected chi connectivity index (χ4v) is 4.85. The van der Waals surface area contributed by atoms with Gasteiger partial charge in [0.1, 0.15) is 13.1 Å². The minimum absolute atomic E-state index is 0. The van der Waals surface area contributed by atoms with Crippen LogP contribution < -0.4 is 17.0 Å². The molecule has 2 aliphatic carbocycles. The lowest BCUT2D eigenvalue weighted by Crippen LogP contribution is -3.00. The number of hydrogen-bond acceptors (Lipinski definition) is 2. The van der Waals surface area contributed by atoms with E-state index in [4.69, 9.17) is 4.74 Å². The first-order chi connectivity index (χ1) is 10.8. The summed E-state index contributed by atoms with van der Waals surface area (Å²) in [7, 11) is 2.45. The summed E-state index contributed by atoms with van der Waals surface area (Å²) in [4.78, 5) is 2.97. The number of halogens is 1. The van der Waals surface area contributed by atoms with Gasteiger partial charge in [-0.1, -0.05) is 38.5 Å². The van der Waals surface area contributed by atoms with Gasteiger partial charge in [0.05, 0.1) is 26.8 Å². The third kappa shape index (κ3) is 5.69. The Morgan fingerprint density at radius 1 is 0.826 bits per heavy atom. The lowest BCUT2D eigenvalue weighted by molar-refractivity contribution is -0.916. The predicted octanol–water partition coefficient (Wildman–Crippen LogP) is 0.435. The van der Waals surface area contributed by atoms with Gasteiger partial charge in [-0.25, -0.2) is 0 Å². The van der Waals surface area contributed by atoms with Crippen LogP contribution in [-0.4, -0.2) is 67.9 Å². The molecule has 3 aliphatic rings. The number of rotatable bonds is 5. The van der Waals surface area contributed by atoms with E-state index in [9.17, 15) is 0 Å². The molecule has 3 nitrogen and oxygen atoms in total. The van der Waals surface area contributed by atoms with E-state index < -0.39 is 0 Å². The third-order valence-corrected chi connectivity index (χ3v) is 6.54. The van der Waals surface area contributed by atoms with Crippen molar-refractivity contribution >= 4 is 0 Å². The lowest BCUT2D eigenvalue weighted by Gasteiger charge is -2.44. The molecule has 0 aromatic heterocycles. The molecule has 4 heteroatoms. The van der Waals surface area contributed by atoms with Crippen LogP contribution in [-0.2, 0) is 4.74 Å². The average Bonchev–Trinajstić information content (AvgIpc) is 2.58. The van der Waals surface area contributed by atoms with Crippen molar-refractivity contribution in [3.63, 3.8) is 0 Å². The second-order valence-electron chi connectivity index (χ2n) is 8.22. The molecule has 1 aliphatic heterocycles. The van der Waals surface area contributed by atoms with Crippen molar-refractivity contribution in [3.05, 3.63) is 0 Å². The van der Waals surface area contributed by atoms with Crippen LogP contribution in [0.25, 0.3) is 0 Å². The van der Waals surface area contributed by atoms with Gasteiger partial charge < -0.3 is 26.2 Å². The first-order valence-corrected chi connectivity index (χ1v) is 9.94. The molecule has 0 aromatic carbocycles. The molecule has 0 atom stereocenters. The van der Waals surface area contributed by atoms with Gasteiger partial charge in [-0.05, 0) is 25.7 Å². The fourth-order valence-electron chi connectivity index (χ4n) is 4.85. The van der Waals surface area contributed by atoms with Gasteiger partial charge in [0.2, 0.25) is 0 Å². The highest BCUT2D eigenvalue weighted by Gasteiger charge is 2.32. The quantitative estimate of drug-likeness (QED) is 0.633. The molecule has 0 N–H and O–H groups in total. The summed E-state index contributed by atoms with van der Waals surface area (Å²) < 4.78 is 6.81. The van der Waals surface area contributed by atoms with Crippen molar-refractivity contribution < 1.29 is 26.2 Å². The second kappa shape index (κ2) is 9.74. The number of morpholine rings is 1. The molecule has 0 unspecified atom stereocenters. The van der Waals surface area contributed by atoms with Gasteiger partial charge in [-0.2, -0.15) is 0 Å². The van der Waals surface area contributed by atoms with Crippen LogP contribution in [0.15, 0.2) is 0 Å². The molecule has 3 rings (SSSR count). The number of quaternary nitrogens is 1. The summed E-state index contributed by atoms with van der Waals surface area (Å²) in [5.41, 5.74) is 0. The molecular weight excluding hydrogens is 352 g/mol. The van der Waals surface area contributed by atoms with Gasteiger partial charge >= 0.3 is 0 Å². The van der Waals surface area contributed by atoms with Gasteiger partial charge in [0, 0.05) is 18.6 Å². The Labute approximate surface area is 154 Å². The highest BCUT2D eigenvalue weighted by Crippen LogP contribution is 2.30. The van der Waals surface area contributed by atoms with Crippen LogP contribution >= 0.6 is 0 Å². The zero-order valence-corrected chi connectivity index (χ0v) is 16.7. The van der Waals surface area contributed by atoms with E-state index in [0.717, 1.165) is 25.3 Å². The number of nitrogens with zero attached hydrogens (tertiary/aromatic N) is 2. The van der Waals surface area contributed by atoms with Crippen LogP contribution in [0.3, 0.4) is 0 Å². The SMILES string of the molecule is C[N+]1(CCN(C2CCCCC2)C2CCCCC2)CCOCC1.[Br-]. The van der Waals surface area contributed by atoms with E-state index in [0.29, 0.717) is 0 Å². The lowest BCUT2D eigenvalue weighted by atomic mass is 9.88. The van der Waals surface area contributed by atoms with Crippen molar-refractivity contribution in [1.29, 1.82) is 0 Å². The normalized spacial score (nSPS) is 26.9. The van der Waals surface area contributed by atoms with Crippen molar-refractivity contribution in [2.24, 2.45) is 0 Å². The van der Waals surface area contributed by atoms with Gasteiger partial charge in [0.15, 0.2) is 0 Å². The van der Waals surface area contributed by atoms with Crippen molar-refractivity contribution in [2.75, 3.05) is 46.4 Å². The topological polar surface area (TPSA) is 12.5 Å². The minimum atomic E-state index is 0. The van der Waals surface area contributed by atoms with Crippen LogP contribution in [0, 0.1) is 0 Å². The fraction of sp³-hybridized carbons (Fsp3) is 1.00. The molecule has 0 aromatic rings. The highest BCUT2D eigenvalue weighted by molar-refractivity contribution is 4.83. The summed E-state index contributed by atoms with van der Waals surface area (Å²) in [5, 5.41) is 0.